The Morgan fingerprint density at radius 3 is 1.93 bits per heavy atom. The van der Waals surface area contributed by atoms with Crippen molar-refractivity contribution in [2.45, 2.75) is 13.8 Å². The van der Waals surface area contributed by atoms with Gasteiger partial charge in [0.1, 0.15) is 0 Å². The van der Waals surface area contributed by atoms with Crippen molar-refractivity contribution in [3.63, 3.8) is 0 Å². The van der Waals surface area contributed by atoms with Crippen LogP contribution in [0.15, 0.2) is 36.4 Å². The van der Waals surface area contributed by atoms with Crippen LogP contribution in [0.1, 0.15) is 25.0 Å². The maximum absolute atomic E-state index is 12.9. The van der Waals surface area contributed by atoms with Gasteiger partial charge in [-0.1, -0.05) is 26.0 Å². The van der Waals surface area contributed by atoms with E-state index in [9.17, 15) is 4.79 Å². The second-order valence-electron chi connectivity index (χ2n) is 6.73. The predicted octanol–water partition coefficient (Wildman–Crippen LogP) is 4.46. The molecule has 0 saturated carbocycles. The molecule has 2 aromatic rings. The van der Waals surface area contributed by atoms with Gasteiger partial charge in [0.2, 0.25) is 0 Å². The molecule has 0 N–H and O–H groups in total. The molecule has 6 nitrogen and oxygen atoms in total. The lowest BCUT2D eigenvalue weighted by Crippen LogP contribution is -2.12. The first kappa shape index (κ1) is 22.1. The maximum Gasteiger partial charge on any atom is 0.338 e. The molecular formula is C23H28O6. The van der Waals surface area contributed by atoms with E-state index in [1.807, 2.05) is 19.9 Å². The van der Waals surface area contributed by atoms with Crippen LogP contribution in [0.3, 0.4) is 0 Å². The van der Waals surface area contributed by atoms with Crippen molar-refractivity contribution in [1.29, 1.82) is 0 Å². The minimum Gasteiger partial charge on any atom is -0.493 e. The fourth-order valence-corrected chi connectivity index (χ4v) is 2.69. The Kier molecular flexibility index (Phi) is 7.95. The lowest BCUT2D eigenvalue weighted by molar-refractivity contribution is -0.137. The molecule has 0 saturated heterocycles. The Bertz CT molecular complexity index is 870. The Morgan fingerprint density at radius 1 is 0.828 bits per heavy atom. The van der Waals surface area contributed by atoms with Gasteiger partial charge in [0.25, 0.3) is 0 Å². The molecule has 6 heteroatoms. The van der Waals surface area contributed by atoms with Crippen molar-refractivity contribution >= 4 is 17.6 Å². The van der Waals surface area contributed by atoms with E-state index in [1.54, 1.807) is 64.8 Å². The third-order valence-corrected chi connectivity index (χ3v) is 4.18. The Labute approximate surface area is 172 Å². The summed E-state index contributed by atoms with van der Waals surface area (Å²) in [4.78, 5) is 12.9. The maximum atomic E-state index is 12.9. The summed E-state index contributed by atoms with van der Waals surface area (Å²) in [6.45, 7) is 4.30. The predicted molar refractivity (Wildman–Crippen MR) is 113 cm³/mol. The lowest BCUT2D eigenvalue weighted by atomic mass is 10.0. The van der Waals surface area contributed by atoms with Gasteiger partial charge in [0.05, 0.1) is 40.6 Å². The second kappa shape index (κ2) is 10.4. The summed E-state index contributed by atoms with van der Waals surface area (Å²) >= 11 is 0. The first-order valence-electron chi connectivity index (χ1n) is 9.26. The minimum atomic E-state index is -0.416. The number of hydrogen-bond donors (Lipinski definition) is 0. The summed E-state index contributed by atoms with van der Waals surface area (Å²) in [6, 6.07) is 10.7. The van der Waals surface area contributed by atoms with Crippen LogP contribution in [-0.2, 0) is 9.53 Å². The van der Waals surface area contributed by atoms with Crippen molar-refractivity contribution in [2.24, 2.45) is 5.92 Å². The SMILES string of the molecule is COc1ccc(C=C(C(=O)OCC(C)C)c2ccc(OC)c(OC)c2)cc1OC. The quantitative estimate of drug-likeness (QED) is 0.352. The summed E-state index contributed by atoms with van der Waals surface area (Å²) in [5.41, 5.74) is 1.83. The molecule has 156 valence electrons. The molecule has 0 spiro atoms. The van der Waals surface area contributed by atoms with Crippen LogP contribution in [0.25, 0.3) is 11.6 Å². The highest BCUT2D eigenvalue weighted by Crippen LogP contribution is 2.33. The molecule has 0 heterocycles. The van der Waals surface area contributed by atoms with E-state index < -0.39 is 5.97 Å². The van der Waals surface area contributed by atoms with Gasteiger partial charge in [0, 0.05) is 0 Å². The molecule has 0 aromatic heterocycles. The number of carbonyl (C=O) groups is 1. The molecule has 0 radical (unpaired) electrons. The zero-order chi connectivity index (χ0) is 21.4. The van der Waals surface area contributed by atoms with Crippen molar-refractivity contribution in [1.82, 2.24) is 0 Å². The summed E-state index contributed by atoms with van der Waals surface area (Å²) in [5, 5.41) is 0. The Morgan fingerprint density at radius 2 is 1.38 bits per heavy atom. The molecule has 0 aliphatic rings. The van der Waals surface area contributed by atoms with Crippen LogP contribution in [0.5, 0.6) is 23.0 Å². The van der Waals surface area contributed by atoms with Crippen molar-refractivity contribution in [3.05, 3.63) is 47.5 Å². The summed E-state index contributed by atoms with van der Waals surface area (Å²) < 4.78 is 26.8. The van der Waals surface area contributed by atoms with Crippen molar-refractivity contribution in [2.75, 3.05) is 35.0 Å². The molecule has 2 aromatic carbocycles. The normalized spacial score (nSPS) is 11.2. The molecule has 0 aliphatic carbocycles. The number of hydrogen-bond acceptors (Lipinski definition) is 6. The molecule has 0 bridgehead atoms. The van der Waals surface area contributed by atoms with E-state index in [0.29, 0.717) is 40.7 Å². The smallest absolute Gasteiger partial charge is 0.338 e. The highest BCUT2D eigenvalue weighted by molar-refractivity contribution is 6.21. The molecule has 2 rings (SSSR count). The van der Waals surface area contributed by atoms with Crippen LogP contribution in [0.4, 0.5) is 0 Å². The van der Waals surface area contributed by atoms with Gasteiger partial charge in [-0.2, -0.15) is 0 Å². The van der Waals surface area contributed by atoms with Gasteiger partial charge in [0.15, 0.2) is 23.0 Å². The number of esters is 1. The van der Waals surface area contributed by atoms with E-state index in [-0.39, 0.29) is 5.92 Å². The van der Waals surface area contributed by atoms with E-state index in [2.05, 4.69) is 0 Å². The van der Waals surface area contributed by atoms with E-state index in [1.165, 1.54) is 0 Å². The molecule has 29 heavy (non-hydrogen) atoms. The van der Waals surface area contributed by atoms with Gasteiger partial charge in [-0.25, -0.2) is 4.79 Å². The first-order valence-corrected chi connectivity index (χ1v) is 9.26. The minimum absolute atomic E-state index is 0.228. The molecule has 0 atom stereocenters. The van der Waals surface area contributed by atoms with Gasteiger partial charge >= 0.3 is 5.97 Å². The molecule has 0 fully saturated rings. The third kappa shape index (κ3) is 5.67. The van der Waals surface area contributed by atoms with Crippen LogP contribution in [0.2, 0.25) is 0 Å². The van der Waals surface area contributed by atoms with Crippen LogP contribution >= 0.6 is 0 Å². The molecule has 0 aliphatic heterocycles. The highest BCUT2D eigenvalue weighted by Gasteiger charge is 2.17. The van der Waals surface area contributed by atoms with Gasteiger partial charge in [-0.3, -0.25) is 0 Å². The molecular weight excluding hydrogens is 372 g/mol. The average molecular weight is 400 g/mol. The van der Waals surface area contributed by atoms with Crippen molar-refractivity contribution < 1.29 is 28.5 Å². The van der Waals surface area contributed by atoms with Gasteiger partial charge in [-0.15, -0.1) is 0 Å². The van der Waals surface area contributed by atoms with Gasteiger partial charge in [-0.05, 0) is 47.4 Å². The first-order chi connectivity index (χ1) is 13.9. The number of methoxy groups -OCH3 is 4. The fourth-order valence-electron chi connectivity index (χ4n) is 2.69. The molecule has 0 unspecified atom stereocenters. The lowest BCUT2D eigenvalue weighted by Gasteiger charge is -2.14. The fraction of sp³-hybridized carbons (Fsp3) is 0.348. The summed E-state index contributed by atoms with van der Waals surface area (Å²) in [7, 11) is 6.26. The number of rotatable bonds is 9. The van der Waals surface area contributed by atoms with E-state index in [4.69, 9.17) is 23.7 Å². The van der Waals surface area contributed by atoms with Crippen LogP contribution < -0.4 is 18.9 Å². The van der Waals surface area contributed by atoms with E-state index >= 15 is 0 Å². The van der Waals surface area contributed by atoms with Gasteiger partial charge < -0.3 is 23.7 Å². The topological polar surface area (TPSA) is 63.2 Å². The Hall–Kier alpha value is -3.15. The third-order valence-electron chi connectivity index (χ3n) is 4.18. The molecule has 0 amide bonds. The summed E-state index contributed by atoms with van der Waals surface area (Å²) in [6.07, 6.45) is 1.76. The Balaban J connectivity index is 2.53. The van der Waals surface area contributed by atoms with Crippen LogP contribution in [-0.4, -0.2) is 41.0 Å². The highest BCUT2D eigenvalue weighted by atomic mass is 16.5. The number of benzene rings is 2. The second-order valence-corrected chi connectivity index (χ2v) is 6.73. The largest absolute Gasteiger partial charge is 0.493 e. The zero-order valence-electron chi connectivity index (χ0n) is 17.8. The van der Waals surface area contributed by atoms with E-state index in [0.717, 1.165) is 5.56 Å². The monoisotopic (exact) mass is 400 g/mol. The number of ether oxygens (including phenoxy) is 5. The summed E-state index contributed by atoms with van der Waals surface area (Å²) in [5.74, 6) is 2.10. The standard InChI is InChI=1S/C23H28O6/c1-15(2)14-29-23(24)18(17-8-10-20(26-4)22(13-17)28-6)11-16-7-9-19(25-3)21(12-16)27-5/h7-13,15H,14H2,1-6H3. The number of carbonyl (C=O) groups excluding carboxylic acids is 1. The zero-order valence-corrected chi connectivity index (χ0v) is 17.8. The average Bonchev–Trinajstić information content (AvgIpc) is 2.74. The van der Waals surface area contributed by atoms with Crippen LogP contribution in [0, 0.1) is 5.92 Å². The van der Waals surface area contributed by atoms with Crippen molar-refractivity contribution in [3.8, 4) is 23.0 Å².